The molecule has 2 rings (SSSR count). The van der Waals surface area contributed by atoms with Gasteiger partial charge in [-0.3, -0.25) is 4.79 Å². The maximum absolute atomic E-state index is 12.1. The van der Waals surface area contributed by atoms with Crippen molar-refractivity contribution in [3.63, 3.8) is 0 Å². The highest BCUT2D eigenvalue weighted by Crippen LogP contribution is 2.13. The van der Waals surface area contributed by atoms with Crippen LogP contribution in [0.1, 0.15) is 21.7 Å². The highest BCUT2D eigenvalue weighted by atomic mass is 32.2. The van der Waals surface area contributed by atoms with Gasteiger partial charge in [-0.25, -0.2) is 13.1 Å². The number of sulfone groups is 1. The quantitative estimate of drug-likeness (QED) is 0.899. The second kappa shape index (κ2) is 6.31. The van der Waals surface area contributed by atoms with Crippen molar-refractivity contribution in [1.82, 2.24) is 15.1 Å². The third-order valence-electron chi connectivity index (χ3n) is 3.12. The summed E-state index contributed by atoms with van der Waals surface area (Å²) < 4.78 is 23.9. The molecule has 0 saturated carbocycles. The third-order valence-corrected chi connectivity index (χ3v) is 4.07. The van der Waals surface area contributed by atoms with Crippen molar-refractivity contribution in [3.05, 3.63) is 47.3 Å². The summed E-state index contributed by atoms with van der Waals surface area (Å²) >= 11 is 0. The molecule has 0 aliphatic heterocycles. The molecule has 0 unspecified atom stereocenters. The Morgan fingerprint density at radius 2 is 2.00 bits per heavy atom. The molecule has 0 aliphatic carbocycles. The molecule has 0 radical (unpaired) electrons. The Labute approximate surface area is 130 Å². The van der Waals surface area contributed by atoms with Crippen LogP contribution in [-0.2, 0) is 9.84 Å². The smallest absolute Gasteiger partial charge is 0.251 e. The maximum Gasteiger partial charge on any atom is 0.251 e. The molecule has 1 aromatic carbocycles. The number of hydrogen-bond donors (Lipinski definition) is 1. The minimum atomic E-state index is -3.08. The second-order valence-corrected chi connectivity index (χ2v) is 7.53. The number of aryl methyl sites for hydroxylation is 2. The number of nitrogens with one attached hydrogen (secondary N) is 1. The first-order valence-corrected chi connectivity index (χ1v) is 8.92. The number of hydrogen-bond acceptors (Lipinski definition) is 4. The lowest BCUT2D eigenvalue weighted by Crippen LogP contribution is -2.28. The second-order valence-electron chi connectivity index (χ2n) is 5.28. The monoisotopic (exact) mass is 321 g/mol. The largest absolute Gasteiger partial charge is 0.351 e. The van der Waals surface area contributed by atoms with Crippen LogP contribution in [0.4, 0.5) is 0 Å². The fraction of sp³-hybridized carbons (Fsp3) is 0.333. The molecule has 0 saturated heterocycles. The zero-order valence-electron chi connectivity index (χ0n) is 12.8. The van der Waals surface area contributed by atoms with Crippen molar-refractivity contribution < 1.29 is 13.2 Å². The average Bonchev–Trinajstić information content (AvgIpc) is 2.76. The van der Waals surface area contributed by atoms with Gasteiger partial charge in [0.25, 0.3) is 5.91 Å². The van der Waals surface area contributed by atoms with Gasteiger partial charge < -0.3 is 5.32 Å². The molecule has 1 N–H and O–H groups in total. The van der Waals surface area contributed by atoms with E-state index in [1.165, 1.54) is 0 Å². The molecule has 2 aromatic rings. The number of amides is 1. The average molecular weight is 321 g/mol. The summed E-state index contributed by atoms with van der Waals surface area (Å²) in [6, 6.07) is 9.02. The molecule has 0 bridgehead atoms. The zero-order valence-corrected chi connectivity index (χ0v) is 13.6. The van der Waals surface area contributed by atoms with Gasteiger partial charge in [-0.2, -0.15) is 5.10 Å². The SMILES string of the molecule is Cc1cc(C)n(-c2cccc(C(=O)NCCS(C)(=O)=O)c2)n1. The van der Waals surface area contributed by atoms with Gasteiger partial charge in [0.15, 0.2) is 0 Å². The van der Waals surface area contributed by atoms with E-state index in [9.17, 15) is 13.2 Å². The van der Waals surface area contributed by atoms with E-state index >= 15 is 0 Å². The molecule has 118 valence electrons. The lowest BCUT2D eigenvalue weighted by Gasteiger charge is -2.08. The van der Waals surface area contributed by atoms with Gasteiger partial charge in [0.2, 0.25) is 0 Å². The van der Waals surface area contributed by atoms with E-state index in [1.807, 2.05) is 26.0 Å². The highest BCUT2D eigenvalue weighted by Gasteiger charge is 2.10. The van der Waals surface area contributed by atoms with E-state index in [4.69, 9.17) is 0 Å². The summed E-state index contributed by atoms with van der Waals surface area (Å²) in [4.78, 5) is 12.1. The Hall–Kier alpha value is -2.15. The van der Waals surface area contributed by atoms with E-state index in [-0.39, 0.29) is 18.2 Å². The minimum absolute atomic E-state index is 0.0735. The molecule has 22 heavy (non-hydrogen) atoms. The molecule has 0 aliphatic rings. The van der Waals surface area contributed by atoms with Crippen LogP contribution in [0.3, 0.4) is 0 Å². The fourth-order valence-corrected chi connectivity index (χ4v) is 2.59. The van der Waals surface area contributed by atoms with Crippen LogP contribution in [-0.4, -0.2) is 42.7 Å². The first kappa shape index (κ1) is 16.2. The Kier molecular flexibility index (Phi) is 4.65. The summed E-state index contributed by atoms with van der Waals surface area (Å²) in [5.74, 6) is -0.373. The fourth-order valence-electron chi connectivity index (χ4n) is 2.12. The molecule has 0 fully saturated rings. The van der Waals surface area contributed by atoms with Gasteiger partial charge in [0.1, 0.15) is 9.84 Å². The molecule has 0 spiro atoms. The van der Waals surface area contributed by atoms with Crippen molar-refractivity contribution in [3.8, 4) is 5.69 Å². The van der Waals surface area contributed by atoms with Crippen LogP contribution < -0.4 is 5.32 Å². The van der Waals surface area contributed by atoms with E-state index in [0.29, 0.717) is 5.56 Å². The van der Waals surface area contributed by atoms with Crippen LogP contribution in [0.25, 0.3) is 5.69 Å². The van der Waals surface area contributed by atoms with Gasteiger partial charge in [0, 0.05) is 24.1 Å². The summed E-state index contributed by atoms with van der Waals surface area (Å²) in [5.41, 5.74) is 3.15. The molecule has 0 atom stereocenters. The Morgan fingerprint density at radius 1 is 1.27 bits per heavy atom. The van der Waals surface area contributed by atoms with E-state index in [1.54, 1.807) is 22.9 Å². The molecule has 6 nitrogen and oxygen atoms in total. The lowest BCUT2D eigenvalue weighted by atomic mass is 10.2. The van der Waals surface area contributed by atoms with Crippen LogP contribution in [0.2, 0.25) is 0 Å². The van der Waals surface area contributed by atoms with Crippen LogP contribution in [0.5, 0.6) is 0 Å². The summed E-state index contributed by atoms with van der Waals surface area (Å²) in [6.45, 7) is 3.95. The van der Waals surface area contributed by atoms with E-state index < -0.39 is 9.84 Å². The van der Waals surface area contributed by atoms with Gasteiger partial charge >= 0.3 is 0 Å². The van der Waals surface area contributed by atoms with Gasteiger partial charge in [-0.05, 0) is 38.1 Å². The number of aromatic nitrogens is 2. The normalized spacial score (nSPS) is 11.4. The Balaban J connectivity index is 2.14. The molecule has 1 aromatic heterocycles. The maximum atomic E-state index is 12.1. The Morgan fingerprint density at radius 3 is 2.59 bits per heavy atom. The minimum Gasteiger partial charge on any atom is -0.351 e. The van der Waals surface area contributed by atoms with Gasteiger partial charge in [-0.15, -0.1) is 0 Å². The van der Waals surface area contributed by atoms with Crippen molar-refractivity contribution in [2.24, 2.45) is 0 Å². The standard InChI is InChI=1S/C15H19N3O3S/c1-11-9-12(2)18(17-11)14-6-4-5-13(10-14)15(19)16-7-8-22(3,20)21/h4-6,9-10H,7-8H2,1-3H3,(H,16,19). The molecule has 7 heteroatoms. The summed E-state index contributed by atoms with van der Waals surface area (Å²) in [7, 11) is -3.08. The van der Waals surface area contributed by atoms with E-state index in [0.717, 1.165) is 23.3 Å². The van der Waals surface area contributed by atoms with E-state index in [2.05, 4.69) is 10.4 Å². The van der Waals surface area contributed by atoms with Crippen molar-refractivity contribution >= 4 is 15.7 Å². The topological polar surface area (TPSA) is 81.1 Å². The Bertz CT molecular complexity index is 794. The third kappa shape index (κ3) is 4.17. The van der Waals surface area contributed by atoms with Crippen LogP contribution in [0.15, 0.2) is 30.3 Å². The first-order valence-electron chi connectivity index (χ1n) is 6.86. The zero-order chi connectivity index (χ0) is 16.3. The van der Waals surface area contributed by atoms with Crippen LogP contribution >= 0.6 is 0 Å². The highest BCUT2D eigenvalue weighted by molar-refractivity contribution is 7.90. The predicted molar refractivity (Wildman–Crippen MR) is 85.1 cm³/mol. The first-order chi connectivity index (χ1) is 10.3. The molecule has 1 amide bonds. The molecule has 1 heterocycles. The van der Waals surface area contributed by atoms with Crippen LogP contribution in [0, 0.1) is 13.8 Å². The number of rotatable bonds is 5. The number of nitrogens with zero attached hydrogens (tertiary/aromatic N) is 2. The summed E-state index contributed by atoms with van der Waals surface area (Å²) in [6.07, 6.45) is 1.14. The molecular formula is C15H19N3O3S. The van der Waals surface area contributed by atoms with Gasteiger partial charge in [0.05, 0.1) is 17.1 Å². The predicted octanol–water partition coefficient (Wildman–Crippen LogP) is 1.26. The number of carbonyl (C=O) groups is 1. The number of carbonyl (C=O) groups excluding carboxylic acids is 1. The van der Waals surface area contributed by atoms with Crippen molar-refractivity contribution in [2.45, 2.75) is 13.8 Å². The lowest BCUT2D eigenvalue weighted by molar-refractivity contribution is 0.0956. The molecular weight excluding hydrogens is 302 g/mol. The van der Waals surface area contributed by atoms with Crippen molar-refractivity contribution in [1.29, 1.82) is 0 Å². The van der Waals surface area contributed by atoms with Gasteiger partial charge in [-0.1, -0.05) is 6.07 Å². The summed E-state index contributed by atoms with van der Waals surface area (Å²) in [5, 5.41) is 6.99. The number of benzene rings is 1. The van der Waals surface area contributed by atoms with Crippen molar-refractivity contribution in [2.75, 3.05) is 18.6 Å².